The number of hydrogen-bond donors (Lipinski definition) is 2. The highest BCUT2D eigenvalue weighted by Crippen LogP contribution is 2.21. The second kappa shape index (κ2) is 13.1. The molecule has 2 N–H and O–H groups in total. The van der Waals surface area contributed by atoms with E-state index in [1.54, 1.807) is 12.1 Å². The number of amides is 2. The molecule has 0 spiro atoms. The lowest BCUT2D eigenvalue weighted by Gasteiger charge is -2.21. The summed E-state index contributed by atoms with van der Waals surface area (Å²) in [5, 5.41) is 6.57. The highest BCUT2D eigenvalue weighted by molar-refractivity contribution is 9.10. The maximum Gasteiger partial charge on any atom is 0.255 e. The van der Waals surface area contributed by atoms with E-state index < -0.39 is 22.5 Å². The van der Waals surface area contributed by atoms with E-state index in [1.165, 1.54) is 44.5 Å². The maximum atomic E-state index is 13.4. The third-order valence-corrected chi connectivity index (χ3v) is 7.56. The SMILES string of the molecule is COc1ccc(Br)cc1/C=N\NC(=O)CN(CCc1ccccc1)S(=O)(=O)c1ccc(NC(C)=O)cc1. The van der Waals surface area contributed by atoms with Gasteiger partial charge in [0.2, 0.25) is 15.9 Å². The van der Waals surface area contributed by atoms with Gasteiger partial charge in [-0.15, -0.1) is 0 Å². The molecule has 0 aliphatic heterocycles. The van der Waals surface area contributed by atoms with Crippen LogP contribution < -0.4 is 15.5 Å². The quantitative estimate of drug-likeness (QED) is 0.262. The molecule has 11 heteroatoms. The number of methoxy groups -OCH3 is 1. The lowest BCUT2D eigenvalue weighted by molar-refractivity contribution is -0.121. The Morgan fingerprint density at radius 2 is 1.76 bits per heavy atom. The minimum atomic E-state index is -4.02. The molecule has 0 aliphatic rings. The average molecular weight is 587 g/mol. The molecule has 0 saturated carbocycles. The van der Waals surface area contributed by atoms with Gasteiger partial charge in [-0.1, -0.05) is 46.3 Å². The topological polar surface area (TPSA) is 117 Å². The predicted molar refractivity (Wildman–Crippen MR) is 146 cm³/mol. The van der Waals surface area contributed by atoms with Crippen LogP contribution in [0.4, 0.5) is 5.69 Å². The standard InChI is InChI=1S/C26H27BrN4O5S/c1-19(32)29-23-9-11-24(12-10-23)37(34,35)31(15-14-20-6-4-3-5-7-20)18-26(33)30-28-17-21-16-22(27)8-13-25(21)36-2/h3-13,16-17H,14-15,18H2,1-2H3,(H,29,32)(H,30,33)/b28-17-. The highest BCUT2D eigenvalue weighted by Gasteiger charge is 2.26. The van der Waals surface area contributed by atoms with Crippen molar-refractivity contribution in [2.45, 2.75) is 18.2 Å². The summed E-state index contributed by atoms with van der Waals surface area (Å²) in [4.78, 5) is 24.0. The van der Waals surface area contributed by atoms with Crippen molar-refractivity contribution < 1.29 is 22.7 Å². The first-order valence-electron chi connectivity index (χ1n) is 11.3. The molecule has 3 rings (SSSR count). The van der Waals surface area contributed by atoms with Crippen molar-refractivity contribution in [1.82, 2.24) is 9.73 Å². The van der Waals surface area contributed by atoms with Crippen LogP contribution in [-0.2, 0) is 26.0 Å². The molecule has 0 bridgehead atoms. The molecule has 3 aromatic carbocycles. The number of hydrogen-bond acceptors (Lipinski definition) is 6. The van der Waals surface area contributed by atoms with Crippen molar-refractivity contribution in [2.75, 3.05) is 25.5 Å². The van der Waals surface area contributed by atoms with E-state index in [4.69, 9.17) is 4.74 Å². The number of rotatable bonds is 11. The highest BCUT2D eigenvalue weighted by atomic mass is 79.9. The fraction of sp³-hybridized carbons (Fsp3) is 0.192. The van der Waals surface area contributed by atoms with Gasteiger partial charge in [0, 0.05) is 29.2 Å². The Labute approximate surface area is 224 Å². The van der Waals surface area contributed by atoms with Crippen molar-refractivity contribution in [1.29, 1.82) is 0 Å². The number of benzene rings is 3. The molecule has 0 heterocycles. The van der Waals surface area contributed by atoms with Crippen LogP contribution in [0.3, 0.4) is 0 Å². The van der Waals surface area contributed by atoms with Crippen molar-refractivity contribution >= 4 is 49.7 Å². The Balaban J connectivity index is 1.77. The second-order valence-corrected chi connectivity index (χ2v) is 10.8. The van der Waals surface area contributed by atoms with E-state index in [-0.39, 0.29) is 17.3 Å². The van der Waals surface area contributed by atoms with Crippen LogP contribution in [0.5, 0.6) is 5.75 Å². The third-order valence-electron chi connectivity index (χ3n) is 5.21. The summed E-state index contributed by atoms with van der Waals surface area (Å²) in [6, 6.07) is 20.5. The zero-order valence-electron chi connectivity index (χ0n) is 20.3. The van der Waals surface area contributed by atoms with Crippen LogP contribution in [-0.4, -0.2) is 51.0 Å². The van der Waals surface area contributed by atoms with Gasteiger partial charge in [-0.2, -0.15) is 9.41 Å². The molecule has 0 unspecified atom stereocenters. The molecule has 0 radical (unpaired) electrons. The number of nitrogens with one attached hydrogen (secondary N) is 2. The van der Waals surface area contributed by atoms with Crippen molar-refractivity contribution in [3.05, 3.63) is 88.4 Å². The number of sulfonamides is 1. The zero-order valence-corrected chi connectivity index (χ0v) is 22.8. The van der Waals surface area contributed by atoms with Crippen LogP contribution in [0.2, 0.25) is 0 Å². The van der Waals surface area contributed by atoms with Gasteiger partial charge in [0.1, 0.15) is 5.75 Å². The predicted octanol–water partition coefficient (Wildman–Crippen LogP) is 3.80. The molecule has 0 atom stereocenters. The molecule has 0 aliphatic carbocycles. The summed E-state index contributed by atoms with van der Waals surface area (Å²) in [6.07, 6.45) is 1.83. The largest absolute Gasteiger partial charge is 0.496 e. The van der Waals surface area contributed by atoms with E-state index >= 15 is 0 Å². The van der Waals surface area contributed by atoms with Gasteiger partial charge < -0.3 is 10.1 Å². The first-order valence-corrected chi connectivity index (χ1v) is 13.5. The lowest BCUT2D eigenvalue weighted by atomic mass is 10.1. The van der Waals surface area contributed by atoms with Gasteiger partial charge in [0.15, 0.2) is 0 Å². The monoisotopic (exact) mass is 586 g/mol. The molecule has 3 aromatic rings. The number of anilines is 1. The lowest BCUT2D eigenvalue weighted by Crippen LogP contribution is -2.40. The summed E-state index contributed by atoms with van der Waals surface area (Å²) >= 11 is 3.38. The minimum Gasteiger partial charge on any atom is -0.496 e. The van der Waals surface area contributed by atoms with Crippen LogP contribution >= 0.6 is 15.9 Å². The molecular weight excluding hydrogens is 560 g/mol. The minimum absolute atomic E-state index is 0.00448. The summed E-state index contributed by atoms with van der Waals surface area (Å²) < 4.78 is 34.1. The molecule has 0 aromatic heterocycles. The second-order valence-electron chi connectivity index (χ2n) is 7.96. The Morgan fingerprint density at radius 1 is 1.05 bits per heavy atom. The fourth-order valence-electron chi connectivity index (χ4n) is 3.42. The summed E-state index contributed by atoms with van der Waals surface area (Å²) in [5.41, 5.74) is 4.42. The van der Waals surface area contributed by atoms with Gasteiger partial charge in [-0.25, -0.2) is 13.8 Å². The average Bonchev–Trinajstić information content (AvgIpc) is 2.87. The van der Waals surface area contributed by atoms with Gasteiger partial charge in [-0.3, -0.25) is 9.59 Å². The van der Waals surface area contributed by atoms with Crippen LogP contribution in [0.1, 0.15) is 18.1 Å². The van der Waals surface area contributed by atoms with E-state index in [9.17, 15) is 18.0 Å². The Morgan fingerprint density at radius 3 is 2.41 bits per heavy atom. The number of ether oxygens (including phenoxy) is 1. The molecule has 37 heavy (non-hydrogen) atoms. The number of hydrazone groups is 1. The van der Waals surface area contributed by atoms with E-state index in [1.807, 2.05) is 36.4 Å². The molecule has 2 amide bonds. The maximum absolute atomic E-state index is 13.4. The Bertz CT molecular complexity index is 1360. The van der Waals surface area contributed by atoms with Crippen LogP contribution in [0.15, 0.2) is 87.3 Å². The first-order chi connectivity index (χ1) is 17.7. The summed E-state index contributed by atoms with van der Waals surface area (Å²) in [6.45, 7) is 1.01. The molecule has 0 saturated heterocycles. The number of halogens is 1. The van der Waals surface area contributed by atoms with Crippen molar-refractivity contribution in [3.8, 4) is 5.75 Å². The zero-order chi connectivity index (χ0) is 26.8. The fourth-order valence-corrected chi connectivity index (χ4v) is 5.20. The van der Waals surface area contributed by atoms with E-state index in [0.717, 1.165) is 14.3 Å². The number of carbonyl (C=O) groups is 2. The van der Waals surface area contributed by atoms with Gasteiger partial charge in [0.05, 0.1) is 24.8 Å². The van der Waals surface area contributed by atoms with Crippen LogP contribution in [0, 0.1) is 0 Å². The van der Waals surface area contributed by atoms with Gasteiger partial charge >= 0.3 is 0 Å². The first kappa shape index (κ1) is 28.0. The third kappa shape index (κ3) is 8.24. The number of carbonyl (C=O) groups excluding carboxylic acids is 2. The molecule has 9 nitrogen and oxygen atoms in total. The van der Waals surface area contributed by atoms with E-state index in [2.05, 4.69) is 31.8 Å². The Hall–Kier alpha value is -3.54. The molecular formula is C26H27BrN4O5S. The smallest absolute Gasteiger partial charge is 0.255 e. The Kier molecular flexibility index (Phi) is 9.95. The molecule has 0 fully saturated rings. The summed E-state index contributed by atoms with van der Waals surface area (Å²) in [7, 11) is -2.50. The van der Waals surface area contributed by atoms with Crippen molar-refractivity contribution in [3.63, 3.8) is 0 Å². The van der Waals surface area contributed by atoms with Gasteiger partial charge in [-0.05, 0) is 54.4 Å². The van der Waals surface area contributed by atoms with Crippen LogP contribution in [0.25, 0.3) is 0 Å². The normalized spacial score (nSPS) is 11.5. The molecule has 194 valence electrons. The van der Waals surface area contributed by atoms with Gasteiger partial charge in [0.25, 0.3) is 5.91 Å². The van der Waals surface area contributed by atoms with Crippen molar-refractivity contribution in [2.24, 2.45) is 5.10 Å². The number of nitrogens with zero attached hydrogens (tertiary/aromatic N) is 2. The summed E-state index contributed by atoms with van der Waals surface area (Å²) in [5.74, 6) is -0.300. The van der Waals surface area contributed by atoms with E-state index in [0.29, 0.717) is 23.4 Å².